The van der Waals surface area contributed by atoms with E-state index >= 15 is 0 Å². The lowest BCUT2D eigenvalue weighted by Crippen LogP contribution is -2.51. The molecule has 2 aromatic rings. The van der Waals surface area contributed by atoms with Crippen molar-refractivity contribution in [3.05, 3.63) is 55.2 Å². The third kappa shape index (κ3) is 5.95. The van der Waals surface area contributed by atoms with E-state index in [0.717, 1.165) is 0 Å². The molecule has 1 aromatic carbocycles. The topological polar surface area (TPSA) is 135 Å². The fraction of sp³-hybridized carbons (Fsp3) is 0.577. The van der Waals surface area contributed by atoms with Gasteiger partial charge in [-0.3, -0.25) is 19.1 Å². The Morgan fingerprint density at radius 2 is 1.93 bits per heavy atom. The van der Waals surface area contributed by atoms with Gasteiger partial charge < -0.3 is 10.7 Å². The average Bonchev–Trinajstić information content (AvgIpc) is 3.31. The number of benzene rings is 1. The van der Waals surface area contributed by atoms with E-state index in [2.05, 4.69) is 4.98 Å². The van der Waals surface area contributed by atoms with Crippen molar-refractivity contribution >= 4 is 49.8 Å². The lowest BCUT2D eigenvalue weighted by atomic mass is 9.74. The largest absolute Gasteiger partial charge is 0.416 e. The molecular weight excluding hydrogens is 608 g/mol. The van der Waals surface area contributed by atoms with Gasteiger partial charge in [-0.1, -0.05) is 37.6 Å². The van der Waals surface area contributed by atoms with Gasteiger partial charge in [-0.15, -0.1) is 11.6 Å². The first-order valence-corrected chi connectivity index (χ1v) is 15.5. The zero-order valence-electron chi connectivity index (χ0n) is 22.6. The fourth-order valence-electron chi connectivity index (χ4n) is 6.20. The van der Waals surface area contributed by atoms with Crippen molar-refractivity contribution in [3.63, 3.8) is 0 Å². The Labute approximate surface area is 244 Å². The molecule has 0 bridgehead atoms. The van der Waals surface area contributed by atoms with E-state index in [0.29, 0.717) is 30.0 Å². The summed E-state index contributed by atoms with van der Waals surface area (Å²) in [5.74, 6) is -0.882. The van der Waals surface area contributed by atoms with Crippen LogP contribution in [0.5, 0.6) is 0 Å². The number of carbonyl (C=O) groups excluding carboxylic acids is 1. The molecule has 9 nitrogen and oxygen atoms in total. The predicted octanol–water partition coefficient (Wildman–Crippen LogP) is 3.58. The molecule has 0 saturated carbocycles. The highest BCUT2D eigenvalue weighted by molar-refractivity contribution is 7.92. The van der Waals surface area contributed by atoms with Crippen LogP contribution in [-0.2, 0) is 33.9 Å². The van der Waals surface area contributed by atoms with Gasteiger partial charge in [0.1, 0.15) is 0 Å². The summed E-state index contributed by atoms with van der Waals surface area (Å²) in [7, 11) is -3.71. The number of halogens is 5. The number of rotatable bonds is 7. The van der Waals surface area contributed by atoms with Gasteiger partial charge in [0.25, 0.3) is 5.56 Å². The molecule has 1 aliphatic heterocycles. The first-order chi connectivity index (χ1) is 18.8. The number of allylic oxidation sites excluding steroid dienone is 1. The number of sulfone groups is 1. The third-order valence-corrected chi connectivity index (χ3v) is 11.0. The number of carbonyl (C=O) groups is 1. The van der Waals surface area contributed by atoms with Crippen molar-refractivity contribution in [1.82, 2.24) is 14.5 Å². The molecule has 0 spiro atoms. The highest BCUT2D eigenvalue weighted by Crippen LogP contribution is 2.45. The number of hydrogen-bond donors (Lipinski definition) is 2. The van der Waals surface area contributed by atoms with Crippen molar-refractivity contribution in [1.29, 1.82) is 0 Å². The number of primary amides is 1. The number of nitrogens with zero attached hydrogens (tertiary/aromatic N) is 2. The van der Waals surface area contributed by atoms with Gasteiger partial charge in [0.2, 0.25) is 5.91 Å². The zero-order valence-corrected chi connectivity index (χ0v) is 25.0. The Kier molecular flexibility index (Phi) is 8.27. The molecule has 4 atom stereocenters. The summed E-state index contributed by atoms with van der Waals surface area (Å²) in [6.07, 6.45) is -0.932. The van der Waals surface area contributed by atoms with Crippen molar-refractivity contribution in [2.24, 2.45) is 11.1 Å². The molecule has 2 aliphatic rings. The van der Waals surface area contributed by atoms with Crippen LogP contribution in [0.25, 0.3) is 10.9 Å². The minimum Gasteiger partial charge on any atom is -0.368 e. The smallest absolute Gasteiger partial charge is 0.368 e. The maximum atomic E-state index is 14.3. The number of fused-ring (bicyclic) bond motifs is 1. The Bertz CT molecular complexity index is 1650. The summed E-state index contributed by atoms with van der Waals surface area (Å²) in [5, 5.41) is -2.06. The highest BCUT2D eigenvalue weighted by Gasteiger charge is 2.48. The van der Waals surface area contributed by atoms with Crippen molar-refractivity contribution < 1.29 is 26.4 Å². The lowest BCUT2D eigenvalue weighted by molar-refractivity contribution is -0.138. The number of H-pyrrole nitrogens is 1. The summed E-state index contributed by atoms with van der Waals surface area (Å²) in [4.78, 5) is 41.6. The van der Waals surface area contributed by atoms with E-state index in [4.69, 9.17) is 28.9 Å². The van der Waals surface area contributed by atoms with Gasteiger partial charge in [-0.2, -0.15) is 13.2 Å². The lowest BCUT2D eigenvalue weighted by Gasteiger charge is -2.43. The minimum atomic E-state index is -4.93. The second-order valence-corrected chi connectivity index (χ2v) is 15.0. The number of nitrogens with one attached hydrogen (secondary N) is 1. The SMILES string of the molecule is CCS(=O)(=O)C1C=CC(C)(Cl)CC1(C)Cn1c(=O)[nH]c2c(Cl)c(CN3CCC[C@H]3C(N)=O)c(C(F)(F)F)cc2c1=O. The molecule has 0 radical (unpaired) electrons. The molecule has 1 aliphatic carbocycles. The van der Waals surface area contributed by atoms with Crippen LogP contribution in [0.3, 0.4) is 0 Å². The summed E-state index contributed by atoms with van der Waals surface area (Å²) >= 11 is 13.0. The molecule has 1 fully saturated rings. The van der Waals surface area contributed by atoms with Crippen LogP contribution in [0.15, 0.2) is 27.8 Å². The van der Waals surface area contributed by atoms with Crippen LogP contribution < -0.4 is 17.0 Å². The maximum absolute atomic E-state index is 14.3. The second kappa shape index (κ2) is 10.7. The van der Waals surface area contributed by atoms with Crippen molar-refractivity contribution in [2.75, 3.05) is 12.3 Å². The van der Waals surface area contributed by atoms with Crippen LogP contribution >= 0.6 is 23.2 Å². The highest BCUT2D eigenvalue weighted by atomic mass is 35.5. The molecule has 4 rings (SSSR count). The molecule has 41 heavy (non-hydrogen) atoms. The Balaban J connectivity index is 1.89. The van der Waals surface area contributed by atoms with E-state index in [9.17, 15) is 36.0 Å². The monoisotopic (exact) mass is 638 g/mol. The van der Waals surface area contributed by atoms with E-state index in [1.54, 1.807) is 19.9 Å². The van der Waals surface area contributed by atoms with Crippen LogP contribution in [0.2, 0.25) is 5.02 Å². The van der Waals surface area contributed by atoms with Crippen molar-refractivity contribution in [2.45, 2.75) is 75.5 Å². The van der Waals surface area contributed by atoms with E-state index in [-0.39, 0.29) is 24.2 Å². The average molecular weight is 640 g/mol. The molecule has 1 aromatic heterocycles. The van der Waals surface area contributed by atoms with Crippen LogP contribution in [0.4, 0.5) is 13.2 Å². The minimum absolute atomic E-state index is 0.0657. The summed E-state index contributed by atoms with van der Waals surface area (Å²) in [6.45, 7) is 4.21. The van der Waals surface area contributed by atoms with Gasteiger partial charge in [0.05, 0.1) is 37.7 Å². The number of aromatic nitrogens is 2. The number of likely N-dealkylation sites (tertiary alicyclic amines) is 1. The Morgan fingerprint density at radius 3 is 2.51 bits per heavy atom. The molecule has 1 saturated heterocycles. The fourth-order valence-corrected chi connectivity index (χ4v) is 8.59. The van der Waals surface area contributed by atoms with Gasteiger partial charge in [-0.25, -0.2) is 13.2 Å². The van der Waals surface area contributed by atoms with E-state index < -0.39 is 82.8 Å². The van der Waals surface area contributed by atoms with Crippen LogP contribution in [0, 0.1) is 5.41 Å². The molecule has 1 amide bonds. The summed E-state index contributed by atoms with van der Waals surface area (Å²) in [6, 6.07) is -0.143. The summed E-state index contributed by atoms with van der Waals surface area (Å²) < 4.78 is 69.5. The number of aromatic amines is 1. The number of hydrogen-bond acceptors (Lipinski definition) is 6. The van der Waals surface area contributed by atoms with Gasteiger partial charge in [0.15, 0.2) is 9.84 Å². The number of amides is 1. The van der Waals surface area contributed by atoms with Gasteiger partial charge in [0, 0.05) is 24.3 Å². The predicted molar refractivity (Wildman–Crippen MR) is 151 cm³/mol. The molecule has 3 unspecified atom stereocenters. The first kappa shape index (κ1) is 31.6. The van der Waals surface area contributed by atoms with Gasteiger partial charge >= 0.3 is 11.9 Å². The maximum Gasteiger partial charge on any atom is 0.416 e. The summed E-state index contributed by atoms with van der Waals surface area (Å²) in [5.41, 5.74) is 0.276. The normalized spacial score (nSPS) is 27.5. The van der Waals surface area contributed by atoms with Crippen LogP contribution in [-0.4, -0.2) is 57.2 Å². The third-order valence-electron chi connectivity index (χ3n) is 8.04. The molecule has 3 N–H and O–H groups in total. The number of nitrogens with two attached hydrogens (primary N) is 1. The quantitative estimate of drug-likeness (QED) is 0.352. The second-order valence-electron chi connectivity index (χ2n) is 11.3. The standard InChI is InChI=1S/C26H31Cl2F3N4O5S/c1-4-41(39,40)18-7-8-25(3,28)12-24(18,2)13-35-22(37)14-10-16(26(29,30)31)15(19(27)20(14)33-23(35)38)11-34-9-5-6-17(34)21(32)36/h7-8,10,17-18H,4-6,9,11-13H2,1-3H3,(H2,32,36)(H,33,38)/t17-,18?,24?,25?/m0/s1. The van der Waals surface area contributed by atoms with Gasteiger partial charge in [-0.05, 0) is 44.4 Å². The first-order valence-electron chi connectivity index (χ1n) is 13.0. The molecule has 226 valence electrons. The van der Waals surface area contributed by atoms with E-state index in [1.165, 1.54) is 17.9 Å². The molecule has 2 heterocycles. The Hall–Kier alpha value is -2.35. The molecule has 15 heteroatoms. The molecular formula is C26H31Cl2F3N4O5S. The Morgan fingerprint density at radius 1 is 1.27 bits per heavy atom. The van der Waals surface area contributed by atoms with Crippen LogP contribution in [0.1, 0.15) is 51.2 Å². The van der Waals surface area contributed by atoms with Crippen molar-refractivity contribution in [3.8, 4) is 0 Å². The zero-order chi connectivity index (χ0) is 30.7. The number of alkyl halides is 4. The van der Waals surface area contributed by atoms with E-state index in [1.807, 2.05) is 0 Å².